The van der Waals surface area contributed by atoms with Crippen molar-refractivity contribution < 1.29 is 4.74 Å². The summed E-state index contributed by atoms with van der Waals surface area (Å²) >= 11 is 0. The molecule has 5 nitrogen and oxygen atoms in total. The number of benzene rings is 1. The van der Waals surface area contributed by atoms with Crippen LogP contribution in [0.1, 0.15) is 42.4 Å². The largest absolute Gasteiger partial charge is 0.493 e. The van der Waals surface area contributed by atoms with E-state index in [1.165, 1.54) is 24.1 Å². The zero-order valence-electron chi connectivity index (χ0n) is 15.1. The van der Waals surface area contributed by atoms with Gasteiger partial charge in [-0.05, 0) is 43.0 Å². The number of ether oxygens (including phenoxy) is 1. The average Bonchev–Trinajstić information content (AvgIpc) is 3.49. The van der Waals surface area contributed by atoms with Crippen molar-refractivity contribution in [3.63, 3.8) is 0 Å². The fourth-order valence-corrected chi connectivity index (χ4v) is 4.08. The Kier molecular flexibility index (Phi) is 4.25. The molecule has 2 aliphatic heterocycles. The zero-order chi connectivity index (χ0) is 17.3. The molecule has 1 aromatic carbocycles. The van der Waals surface area contributed by atoms with Gasteiger partial charge in [-0.15, -0.1) is 5.10 Å². The molecule has 0 radical (unpaired) electrons. The standard InChI is InChI=1S/C21H26N4O/c1-2-4-20-18(3-1)17(9-10-26-20)12-22-11-15-13-25(14-15)21-8-7-19(23-24-21)16-5-6-16/h1-4,7-8,15-17,22H,5-6,9-14H2. The molecule has 1 atom stereocenters. The lowest BCUT2D eigenvalue weighted by Gasteiger charge is -2.40. The normalized spacial score (nSPS) is 22.5. The molecule has 1 aliphatic carbocycles. The SMILES string of the molecule is c1ccc2c(c1)OCCC2CNCC1CN(c2ccc(C3CC3)nn2)C1. The van der Waals surface area contributed by atoms with E-state index < -0.39 is 0 Å². The lowest BCUT2D eigenvalue weighted by Crippen LogP contribution is -2.51. The summed E-state index contributed by atoms with van der Waals surface area (Å²) in [6.07, 6.45) is 3.66. The molecular formula is C21H26N4O. The van der Waals surface area contributed by atoms with Crippen LogP contribution in [0.15, 0.2) is 36.4 Å². The molecule has 3 aliphatic rings. The molecule has 5 heteroatoms. The molecule has 1 unspecified atom stereocenters. The number of aromatic nitrogens is 2. The van der Waals surface area contributed by atoms with Crippen LogP contribution in [-0.4, -0.2) is 43.0 Å². The Morgan fingerprint density at radius 3 is 2.69 bits per heavy atom. The third-order valence-corrected chi connectivity index (χ3v) is 5.85. The second-order valence-corrected chi connectivity index (χ2v) is 7.89. The number of fused-ring (bicyclic) bond motifs is 1. The molecule has 1 aromatic heterocycles. The fourth-order valence-electron chi connectivity index (χ4n) is 4.08. The Bertz CT molecular complexity index is 753. The van der Waals surface area contributed by atoms with Gasteiger partial charge in [0.2, 0.25) is 0 Å². The molecule has 3 heterocycles. The highest BCUT2D eigenvalue weighted by atomic mass is 16.5. The van der Waals surface area contributed by atoms with E-state index in [0.717, 1.165) is 50.8 Å². The van der Waals surface area contributed by atoms with E-state index >= 15 is 0 Å². The molecule has 0 bridgehead atoms. The predicted molar refractivity (Wildman–Crippen MR) is 102 cm³/mol. The summed E-state index contributed by atoms with van der Waals surface area (Å²) in [5.41, 5.74) is 2.52. The van der Waals surface area contributed by atoms with Gasteiger partial charge in [0.15, 0.2) is 5.82 Å². The Morgan fingerprint density at radius 1 is 1.00 bits per heavy atom. The van der Waals surface area contributed by atoms with Crippen LogP contribution in [0, 0.1) is 5.92 Å². The monoisotopic (exact) mass is 350 g/mol. The second-order valence-electron chi connectivity index (χ2n) is 7.89. The molecular weight excluding hydrogens is 324 g/mol. The zero-order valence-corrected chi connectivity index (χ0v) is 15.1. The molecule has 2 fully saturated rings. The van der Waals surface area contributed by atoms with E-state index in [-0.39, 0.29) is 0 Å². The smallest absolute Gasteiger partial charge is 0.151 e. The molecule has 1 N–H and O–H groups in total. The molecule has 5 rings (SSSR count). The summed E-state index contributed by atoms with van der Waals surface area (Å²) in [6, 6.07) is 12.8. The number of nitrogens with zero attached hydrogens (tertiary/aromatic N) is 3. The first-order chi connectivity index (χ1) is 12.9. The molecule has 1 saturated carbocycles. The molecule has 0 spiro atoms. The maximum atomic E-state index is 5.76. The van der Waals surface area contributed by atoms with Gasteiger partial charge in [-0.1, -0.05) is 18.2 Å². The Balaban J connectivity index is 1.08. The number of anilines is 1. The molecule has 2 aromatic rings. The number of para-hydroxylation sites is 1. The highest BCUT2D eigenvalue weighted by Gasteiger charge is 2.30. The van der Waals surface area contributed by atoms with Gasteiger partial charge in [0.05, 0.1) is 12.3 Å². The third-order valence-electron chi connectivity index (χ3n) is 5.85. The van der Waals surface area contributed by atoms with Gasteiger partial charge in [0.1, 0.15) is 5.75 Å². The van der Waals surface area contributed by atoms with E-state index in [1.807, 2.05) is 0 Å². The minimum absolute atomic E-state index is 0.567. The van der Waals surface area contributed by atoms with Crippen molar-refractivity contribution in [3.05, 3.63) is 47.7 Å². The molecule has 1 saturated heterocycles. The van der Waals surface area contributed by atoms with Crippen LogP contribution >= 0.6 is 0 Å². The highest BCUT2D eigenvalue weighted by Crippen LogP contribution is 2.39. The predicted octanol–water partition coefficient (Wildman–Crippen LogP) is 2.95. The van der Waals surface area contributed by atoms with E-state index in [0.29, 0.717) is 17.8 Å². The van der Waals surface area contributed by atoms with Gasteiger partial charge < -0.3 is 15.0 Å². The van der Waals surface area contributed by atoms with Crippen molar-refractivity contribution >= 4 is 5.82 Å². The van der Waals surface area contributed by atoms with Gasteiger partial charge in [0, 0.05) is 43.9 Å². The minimum atomic E-state index is 0.567. The first-order valence-corrected chi connectivity index (χ1v) is 9.88. The van der Waals surface area contributed by atoms with Gasteiger partial charge in [-0.25, -0.2) is 0 Å². The maximum absolute atomic E-state index is 5.76. The fraction of sp³-hybridized carbons (Fsp3) is 0.524. The summed E-state index contributed by atoms with van der Waals surface area (Å²) in [7, 11) is 0. The first-order valence-electron chi connectivity index (χ1n) is 9.88. The van der Waals surface area contributed by atoms with Crippen LogP contribution in [0.3, 0.4) is 0 Å². The quantitative estimate of drug-likeness (QED) is 0.868. The Labute approximate surface area is 154 Å². The summed E-state index contributed by atoms with van der Waals surface area (Å²) < 4.78 is 5.76. The van der Waals surface area contributed by atoms with Crippen molar-refractivity contribution in [2.45, 2.75) is 31.1 Å². The summed E-state index contributed by atoms with van der Waals surface area (Å²) in [5.74, 6) is 4.05. The molecule has 26 heavy (non-hydrogen) atoms. The van der Waals surface area contributed by atoms with Gasteiger partial charge in [-0.3, -0.25) is 0 Å². The van der Waals surface area contributed by atoms with E-state index in [9.17, 15) is 0 Å². The first kappa shape index (κ1) is 16.1. The average molecular weight is 350 g/mol. The minimum Gasteiger partial charge on any atom is -0.493 e. The van der Waals surface area contributed by atoms with Crippen LogP contribution in [0.4, 0.5) is 5.82 Å². The number of hydrogen-bond donors (Lipinski definition) is 1. The Hall–Kier alpha value is -2.14. The summed E-state index contributed by atoms with van der Waals surface area (Å²) in [6.45, 7) is 5.09. The molecule has 136 valence electrons. The van der Waals surface area contributed by atoms with Crippen LogP contribution in [0.5, 0.6) is 5.75 Å². The van der Waals surface area contributed by atoms with Crippen molar-refractivity contribution in [1.29, 1.82) is 0 Å². The van der Waals surface area contributed by atoms with Gasteiger partial charge in [-0.2, -0.15) is 5.10 Å². The summed E-state index contributed by atoms with van der Waals surface area (Å²) in [4.78, 5) is 2.33. The van der Waals surface area contributed by atoms with E-state index in [2.05, 4.69) is 56.8 Å². The number of hydrogen-bond acceptors (Lipinski definition) is 5. The van der Waals surface area contributed by atoms with Crippen molar-refractivity contribution in [3.8, 4) is 5.75 Å². The van der Waals surface area contributed by atoms with Crippen molar-refractivity contribution in [1.82, 2.24) is 15.5 Å². The topological polar surface area (TPSA) is 50.3 Å². The van der Waals surface area contributed by atoms with Gasteiger partial charge >= 0.3 is 0 Å². The second kappa shape index (κ2) is 6.88. The number of nitrogens with one attached hydrogen (secondary N) is 1. The van der Waals surface area contributed by atoms with Crippen LogP contribution in [-0.2, 0) is 0 Å². The van der Waals surface area contributed by atoms with Crippen molar-refractivity contribution in [2.24, 2.45) is 5.92 Å². The molecule has 0 amide bonds. The van der Waals surface area contributed by atoms with Crippen molar-refractivity contribution in [2.75, 3.05) is 37.7 Å². The third kappa shape index (κ3) is 3.28. The van der Waals surface area contributed by atoms with E-state index in [1.54, 1.807) is 0 Å². The van der Waals surface area contributed by atoms with Crippen LogP contribution < -0.4 is 15.0 Å². The Morgan fingerprint density at radius 2 is 1.88 bits per heavy atom. The van der Waals surface area contributed by atoms with E-state index in [4.69, 9.17) is 4.74 Å². The maximum Gasteiger partial charge on any atom is 0.151 e. The number of rotatable bonds is 6. The van der Waals surface area contributed by atoms with Gasteiger partial charge in [0.25, 0.3) is 0 Å². The van der Waals surface area contributed by atoms with Crippen LogP contribution in [0.2, 0.25) is 0 Å². The lowest BCUT2D eigenvalue weighted by molar-refractivity contribution is 0.262. The highest BCUT2D eigenvalue weighted by molar-refractivity contribution is 5.41. The lowest BCUT2D eigenvalue weighted by atomic mass is 9.92. The van der Waals surface area contributed by atoms with Crippen LogP contribution in [0.25, 0.3) is 0 Å². The summed E-state index contributed by atoms with van der Waals surface area (Å²) in [5, 5.41) is 12.5.